The van der Waals surface area contributed by atoms with E-state index in [9.17, 15) is 13.6 Å². The van der Waals surface area contributed by atoms with Gasteiger partial charge in [-0.1, -0.05) is 0 Å². The van der Waals surface area contributed by atoms with Gasteiger partial charge in [0.2, 0.25) is 5.95 Å². The van der Waals surface area contributed by atoms with Crippen molar-refractivity contribution >= 4 is 40.8 Å². The van der Waals surface area contributed by atoms with Gasteiger partial charge in [-0.15, -0.1) is 0 Å². The van der Waals surface area contributed by atoms with Gasteiger partial charge in [-0.3, -0.25) is 4.90 Å². The van der Waals surface area contributed by atoms with Crippen molar-refractivity contribution in [1.82, 2.24) is 14.9 Å². The van der Waals surface area contributed by atoms with Gasteiger partial charge in [-0.05, 0) is 68.0 Å². The van der Waals surface area contributed by atoms with Crippen LogP contribution in [0, 0.1) is 21.1 Å². The number of ether oxygens (including phenoxy) is 2. The van der Waals surface area contributed by atoms with E-state index in [2.05, 4.69) is 47.4 Å². The largest absolute Gasteiger partial charge is 0.442 e. The number of nitrogens with zero attached hydrogens (tertiary/aromatic N) is 5. The average Bonchev–Trinajstić information content (AvgIpc) is 2.84. The van der Waals surface area contributed by atoms with Crippen molar-refractivity contribution in [2.75, 3.05) is 37.7 Å². The molecule has 8 nitrogen and oxygen atoms in total. The van der Waals surface area contributed by atoms with E-state index in [1.165, 1.54) is 6.21 Å². The summed E-state index contributed by atoms with van der Waals surface area (Å²) in [4.78, 5) is 29.5. The van der Waals surface area contributed by atoms with Crippen molar-refractivity contribution in [3.8, 4) is 0 Å². The Labute approximate surface area is 223 Å². The van der Waals surface area contributed by atoms with Crippen LogP contribution in [-0.2, 0) is 9.47 Å². The standard InChI is InChI=1S/C25H30F2IN5O3/c1-25(2,3)36-24(34)31-12-16-10-19(15-35-22(16)20-11-17(26)4-5-21(20)27)32-6-8-33(9-7-32)23-29-13-18(28)14-30-23/h4-5,11-14,16,19,22H,6-10,15H2,1-3H3/t16?,19-,22+/m1/s1. The summed E-state index contributed by atoms with van der Waals surface area (Å²) in [5.41, 5.74) is -0.566. The third-order valence-corrected chi connectivity index (χ3v) is 6.71. The molecule has 0 aliphatic carbocycles. The molecule has 4 rings (SSSR count). The number of amides is 1. The summed E-state index contributed by atoms with van der Waals surface area (Å²) in [7, 11) is 0. The maximum atomic E-state index is 14.6. The van der Waals surface area contributed by atoms with E-state index in [-0.39, 0.29) is 11.6 Å². The minimum Gasteiger partial charge on any atom is -0.442 e. The molecule has 2 aromatic rings. The average molecular weight is 613 g/mol. The van der Waals surface area contributed by atoms with Crippen molar-refractivity contribution in [2.24, 2.45) is 10.9 Å². The SMILES string of the molecule is CC(C)(C)OC(=O)N=CC1C[C@@H](N2CCN(c3ncc(I)cn3)CC2)CO[C@@H]1c1cc(F)ccc1F. The lowest BCUT2D eigenvalue weighted by molar-refractivity contribution is -0.0576. The summed E-state index contributed by atoms with van der Waals surface area (Å²) in [5, 5.41) is 0. The topological polar surface area (TPSA) is 80.2 Å². The molecule has 0 saturated carbocycles. The smallest absolute Gasteiger partial charge is 0.433 e. The van der Waals surface area contributed by atoms with Crippen LogP contribution in [0.5, 0.6) is 0 Å². The molecule has 1 unspecified atom stereocenters. The van der Waals surface area contributed by atoms with Gasteiger partial charge in [0, 0.05) is 65.9 Å². The van der Waals surface area contributed by atoms with Crippen LogP contribution in [0.3, 0.4) is 0 Å². The van der Waals surface area contributed by atoms with E-state index >= 15 is 0 Å². The summed E-state index contributed by atoms with van der Waals surface area (Å²) in [6.07, 6.45) is 4.14. The molecule has 0 bridgehead atoms. The Hall–Kier alpha value is -2.25. The highest BCUT2D eigenvalue weighted by molar-refractivity contribution is 14.1. The predicted molar refractivity (Wildman–Crippen MR) is 140 cm³/mol. The molecule has 194 valence electrons. The zero-order chi connectivity index (χ0) is 25.9. The fourth-order valence-corrected chi connectivity index (χ4v) is 4.77. The number of halogens is 3. The molecule has 0 radical (unpaired) electrons. The highest BCUT2D eigenvalue weighted by Crippen LogP contribution is 2.36. The fraction of sp³-hybridized carbons (Fsp3) is 0.520. The quantitative estimate of drug-likeness (QED) is 0.368. The third-order valence-electron chi connectivity index (χ3n) is 6.15. The van der Waals surface area contributed by atoms with E-state index in [4.69, 9.17) is 9.47 Å². The second-order valence-electron chi connectivity index (χ2n) is 9.96. The number of carbonyl (C=O) groups is 1. The number of carbonyl (C=O) groups excluding carboxylic acids is 1. The van der Waals surface area contributed by atoms with Gasteiger partial charge in [0.25, 0.3) is 0 Å². The molecule has 1 aromatic heterocycles. The summed E-state index contributed by atoms with van der Waals surface area (Å²) < 4.78 is 40.9. The molecule has 0 N–H and O–H groups in total. The summed E-state index contributed by atoms with van der Waals surface area (Å²) >= 11 is 2.18. The van der Waals surface area contributed by atoms with Gasteiger partial charge in [-0.2, -0.15) is 4.99 Å². The molecule has 11 heteroatoms. The lowest BCUT2D eigenvalue weighted by Gasteiger charge is -2.43. The van der Waals surface area contributed by atoms with E-state index in [1.807, 2.05) is 0 Å². The van der Waals surface area contributed by atoms with Crippen LogP contribution in [0.15, 0.2) is 35.6 Å². The zero-order valence-corrected chi connectivity index (χ0v) is 22.7. The van der Waals surface area contributed by atoms with Gasteiger partial charge in [0.15, 0.2) is 0 Å². The number of piperazine rings is 1. The first-order chi connectivity index (χ1) is 17.1. The van der Waals surface area contributed by atoms with Crippen molar-refractivity contribution in [1.29, 1.82) is 0 Å². The normalized spacial score (nSPS) is 23.7. The number of aromatic nitrogens is 2. The first kappa shape index (κ1) is 26.8. The van der Waals surface area contributed by atoms with E-state index in [0.717, 1.165) is 47.9 Å². The van der Waals surface area contributed by atoms with E-state index in [1.54, 1.807) is 33.2 Å². The summed E-state index contributed by atoms with van der Waals surface area (Å²) in [6.45, 7) is 8.70. The van der Waals surface area contributed by atoms with Crippen LogP contribution >= 0.6 is 22.6 Å². The van der Waals surface area contributed by atoms with Gasteiger partial charge >= 0.3 is 6.09 Å². The Morgan fingerprint density at radius 2 is 1.89 bits per heavy atom. The van der Waals surface area contributed by atoms with Crippen LogP contribution in [0.4, 0.5) is 19.5 Å². The molecule has 2 aliphatic heterocycles. The molecule has 2 aliphatic rings. The molecular weight excluding hydrogens is 583 g/mol. The minimum atomic E-state index is -0.760. The lowest BCUT2D eigenvalue weighted by atomic mass is 9.87. The Bertz CT molecular complexity index is 1090. The molecule has 1 aromatic carbocycles. The Balaban J connectivity index is 1.47. The van der Waals surface area contributed by atoms with Gasteiger partial charge in [0.1, 0.15) is 17.2 Å². The molecule has 2 fully saturated rings. The van der Waals surface area contributed by atoms with Gasteiger partial charge in [0.05, 0.1) is 12.7 Å². The third kappa shape index (κ3) is 6.94. The maximum absolute atomic E-state index is 14.6. The Kier molecular flexibility index (Phi) is 8.51. The molecule has 3 heterocycles. The molecule has 36 heavy (non-hydrogen) atoms. The minimum absolute atomic E-state index is 0.0350. The lowest BCUT2D eigenvalue weighted by Crippen LogP contribution is -2.54. The van der Waals surface area contributed by atoms with Crippen LogP contribution in [0.25, 0.3) is 0 Å². The van der Waals surface area contributed by atoms with Crippen molar-refractivity contribution in [2.45, 2.75) is 44.9 Å². The van der Waals surface area contributed by atoms with Crippen molar-refractivity contribution in [3.05, 3.63) is 51.4 Å². The monoisotopic (exact) mass is 613 g/mol. The summed E-state index contributed by atoms with van der Waals surface area (Å²) in [5.74, 6) is -0.834. The second kappa shape index (κ2) is 11.4. The maximum Gasteiger partial charge on any atom is 0.433 e. The van der Waals surface area contributed by atoms with Crippen LogP contribution in [0.1, 0.15) is 38.9 Å². The fourth-order valence-electron chi connectivity index (χ4n) is 4.49. The zero-order valence-electron chi connectivity index (χ0n) is 20.5. The first-order valence-corrected chi connectivity index (χ1v) is 13.0. The first-order valence-electron chi connectivity index (χ1n) is 11.9. The van der Waals surface area contributed by atoms with Gasteiger partial charge < -0.3 is 14.4 Å². The molecule has 3 atom stereocenters. The highest BCUT2D eigenvalue weighted by atomic mass is 127. The van der Waals surface area contributed by atoms with Crippen molar-refractivity contribution < 1.29 is 23.0 Å². The second-order valence-corrected chi connectivity index (χ2v) is 11.2. The number of anilines is 1. The number of hydrogen-bond donors (Lipinski definition) is 0. The molecule has 1 amide bonds. The molecular formula is C25H30F2IN5O3. The summed E-state index contributed by atoms with van der Waals surface area (Å²) in [6, 6.07) is 3.35. The van der Waals surface area contributed by atoms with Crippen LogP contribution < -0.4 is 4.90 Å². The van der Waals surface area contributed by atoms with Crippen LogP contribution in [0.2, 0.25) is 0 Å². The van der Waals surface area contributed by atoms with E-state index < -0.39 is 35.4 Å². The predicted octanol–water partition coefficient (Wildman–Crippen LogP) is 4.63. The number of benzene rings is 1. The van der Waals surface area contributed by atoms with E-state index in [0.29, 0.717) is 19.0 Å². The number of aliphatic imine (C=N–C) groups is 1. The Morgan fingerprint density at radius 3 is 2.56 bits per heavy atom. The highest BCUT2D eigenvalue weighted by Gasteiger charge is 2.37. The number of hydrogen-bond acceptors (Lipinski definition) is 7. The van der Waals surface area contributed by atoms with Gasteiger partial charge in [-0.25, -0.2) is 23.5 Å². The number of rotatable bonds is 4. The van der Waals surface area contributed by atoms with Crippen LogP contribution in [-0.4, -0.2) is 71.6 Å². The molecule has 0 spiro atoms. The Morgan fingerprint density at radius 1 is 1.19 bits per heavy atom. The molecule has 2 saturated heterocycles. The van der Waals surface area contributed by atoms with Crippen molar-refractivity contribution in [3.63, 3.8) is 0 Å².